The van der Waals surface area contributed by atoms with Crippen LogP contribution >= 0.6 is 0 Å². The van der Waals surface area contributed by atoms with E-state index in [9.17, 15) is 4.79 Å². The number of ether oxygens (including phenoxy) is 1. The Hall–Kier alpha value is -1.63. The smallest absolute Gasteiger partial charge is 0.320 e. The topological polar surface area (TPSA) is 102 Å². The maximum absolute atomic E-state index is 10.1. The van der Waals surface area contributed by atoms with Crippen molar-refractivity contribution in [2.75, 3.05) is 27.2 Å². The van der Waals surface area contributed by atoms with Crippen LogP contribution in [-0.4, -0.2) is 55.3 Å². The molecule has 1 heterocycles. The summed E-state index contributed by atoms with van der Waals surface area (Å²) in [6, 6.07) is 6.88. The second-order valence-corrected chi connectivity index (χ2v) is 9.26. The molecule has 3 aliphatic rings. The molecule has 0 radical (unpaired) electrons. The van der Waals surface area contributed by atoms with Crippen LogP contribution in [0.4, 0.5) is 0 Å². The number of rotatable bonds is 6. The van der Waals surface area contributed by atoms with Crippen LogP contribution in [0.3, 0.4) is 0 Å². The maximum Gasteiger partial charge on any atom is 0.320 e. The highest BCUT2D eigenvalue weighted by Gasteiger charge is 2.53. The van der Waals surface area contributed by atoms with Crippen LogP contribution in [-0.2, 0) is 16.6 Å². The predicted molar refractivity (Wildman–Crippen MR) is 120 cm³/mol. The zero-order chi connectivity index (χ0) is 21.7. The molecule has 0 aromatic heterocycles. The van der Waals surface area contributed by atoms with Gasteiger partial charge in [-0.2, -0.15) is 0 Å². The first-order valence-electron chi connectivity index (χ1n) is 11.5. The second kappa shape index (κ2) is 10.1. The number of aliphatic carboxylic acids is 1. The molecule has 1 saturated heterocycles. The number of hydrogen-bond acceptors (Lipinski definition) is 5. The van der Waals surface area contributed by atoms with Crippen molar-refractivity contribution in [3.8, 4) is 5.75 Å². The third-order valence-corrected chi connectivity index (χ3v) is 7.61. The molecule has 1 unspecified atom stereocenters. The van der Waals surface area contributed by atoms with Gasteiger partial charge in [0.15, 0.2) is 0 Å². The van der Waals surface area contributed by atoms with Gasteiger partial charge in [-0.15, -0.1) is 0 Å². The summed E-state index contributed by atoms with van der Waals surface area (Å²) in [5.74, 6) is 0.978. The minimum Gasteiger partial charge on any atom is -0.497 e. The van der Waals surface area contributed by atoms with Gasteiger partial charge in [-0.3, -0.25) is 4.79 Å². The number of carboxylic acids is 1. The van der Waals surface area contributed by atoms with Gasteiger partial charge in [-0.1, -0.05) is 25.3 Å². The number of carboxylic acid groups (broad SMARTS) is 1. The third kappa shape index (κ3) is 4.66. The molecular weight excluding hydrogens is 378 g/mol. The fourth-order valence-corrected chi connectivity index (χ4v) is 5.93. The summed E-state index contributed by atoms with van der Waals surface area (Å²) in [7, 11) is 4.12. The number of carbonyl (C=O) groups is 1. The first kappa shape index (κ1) is 23.0. The van der Waals surface area contributed by atoms with Crippen LogP contribution in [0.15, 0.2) is 18.2 Å². The second-order valence-electron chi connectivity index (χ2n) is 9.26. The standard InChI is InChI=1S/C18H25NO.C6H14N2O2/c1-19-10-9-18-8-4-3-5-15(18)17(19)11-13-6-7-14(20-2)12-16(13)18;7-4-2-1-3-5(8)6(9)10/h6-7,12,15,17H,3-5,8-11H2,1-2H3;5H,1-4,7-8H2,(H,9,10)/t15-,17-,18-;/m1./s1. The number of likely N-dealkylation sites (N-methyl/N-ethyl adjacent to an activating group) is 1. The van der Waals surface area contributed by atoms with E-state index in [0.717, 1.165) is 30.6 Å². The SMILES string of the molecule is COc1ccc2c(c1)[C@@]13CCCC[C@@H]1[C@@H](C2)N(C)CC3.NCCCCC(N)C(=O)O. The first-order valence-corrected chi connectivity index (χ1v) is 11.5. The molecule has 1 saturated carbocycles. The van der Waals surface area contributed by atoms with E-state index in [-0.39, 0.29) is 0 Å². The van der Waals surface area contributed by atoms with Gasteiger partial charge < -0.3 is 26.2 Å². The molecule has 2 aliphatic carbocycles. The summed E-state index contributed by atoms with van der Waals surface area (Å²) in [5, 5.41) is 8.33. The van der Waals surface area contributed by atoms with Gasteiger partial charge in [0.2, 0.25) is 0 Å². The number of hydrogen-bond donors (Lipinski definition) is 3. The Bertz CT molecular complexity index is 726. The zero-order valence-corrected chi connectivity index (χ0v) is 18.6. The van der Waals surface area contributed by atoms with Crippen molar-refractivity contribution in [3.63, 3.8) is 0 Å². The molecule has 4 atom stereocenters. The van der Waals surface area contributed by atoms with Gasteiger partial charge in [0.1, 0.15) is 11.8 Å². The van der Waals surface area contributed by atoms with Gasteiger partial charge in [0, 0.05) is 11.5 Å². The summed E-state index contributed by atoms with van der Waals surface area (Å²) >= 11 is 0. The highest BCUT2D eigenvalue weighted by atomic mass is 16.5. The van der Waals surface area contributed by atoms with Crippen LogP contribution in [0, 0.1) is 5.92 Å². The largest absolute Gasteiger partial charge is 0.497 e. The molecule has 2 fully saturated rings. The van der Waals surface area contributed by atoms with Crippen LogP contribution in [0.2, 0.25) is 0 Å². The Morgan fingerprint density at radius 3 is 2.83 bits per heavy atom. The number of methoxy groups -OCH3 is 1. The van der Waals surface area contributed by atoms with E-state index in [2.05, 4.69) is 30.1 Å². The van der Waals surface area contributed by atoms with E-state index >= 15 is 0 Å². The van der Waals surface area contributed by atoms with Gasteiger partial charge in [-0.05, 0) is 87.8 Å². The number of likely N-dealkylation sites (tertiary alicyclic amines) is 1. The fraction of sp³-hybridized carbons (Fsp3) is 0.708. The summed E-state index contributed by atoms with van der Waals surface area (Å²) in [6.07, 6.45) is 10.4. The van der Waals surface area contributed by atoms with Gasteiger partial charge in [0.05, 0.1) is 7.11 Å². The Labute approximate surface area is 180 Å². The van der Waals surface area contributed by atoms with Crippen LogP contribution in [0.25, 0.3) is 0 Å². The van der Waals surface area contributed by atoms with Crippen LogP contribution < -0.4 is 16.2 Å². The lowest BCUT2D eigenvalue weighted by Gasteiger charge is -2.58. The normalized spacial score (nSPS) is 28.4. The van der Waals surface area contributed by atoms with E-state index in [1.807, 2.05) is 0 Å². The highest BCUT2D eigenvalue weighted by molar-refractivity contribution is 5.72. The van der Waals surface area contributed by atoms with E-state index < -0.39 is 12.0 Å². The molecule has 168 valence electrons. The highest BCUT2D eigenvalue weighted by Crippen LogP contribution is 2.55. The average molecular weight is 418 g/mol. The lowest BCUT2D eigenvalue weighted by Crippen LogP contribution is -2.59. The monoisotopic (exact) mass is 417 g/mol. The quantitative estimate of drug-likeness (QED) is 0.615. The molecule has 0 amide bonds. The molecule has 30 heavy (non-hydrogen) atoms. The molecule has 2 bridgehead atoms. The fourth-order valence-electron chi connectivity index (χ4n) is 5.93. The lowest BCUT2D eigenvalue weighted by atomic mass is 9.52. The summed E-state index contributed by atoms with van der Waals surface area (Å²) in [4.78, 5) is 12.8. The maximum atomic E-state index is 10.1. The molecule has 1 aromatic rings. The van der Waals surface area contributed by atoms with E-state index in [1.165, 1.54) is 45.1 Å². The summed E-state index contributed by atoms with van der Waals surface area (Å²) in [6.45, 7) is 1.87. The third-order valence-electron chi connectivity index (χ3n) is 7.61. The number of nitrogens with zero attached hydrogens (tertiary/aromatic N) is 1. The van der Waals surface area contributed by atoms with Crippen LogP contribution in [0.5, 0.6) is 5.75 Å². The first-order chi connectivity index (χ1) is 14.4. The van der Waals surface area contributed by atoms with E-state index in [1.54, 1.807) is 18.2 Å². The van der Waals surface area contributed by atoms with Crippen molar-refractivity contribution < 1.29 is 14.6 Å². The summed E-state index contributed by atoms with van der Waals surface area (Å²) in [5.41, 5.74) is 14.1. The Balaban J connectivity index is 0.000000220. The van der Waals surface area contributed by atoms with E-state index in [0.29, 0.717) is 18.4 Å². The molecule has 0 spiro atoms. The number of benzene rings is 1. The van der Waals surface area contributed by atoms with Gasteiger partial charge in [0.25, 0.3) is 0 Å². The Morgan fingerprint density at radius 2 is 2.13 bits per heavy atom. The molecule has 6 nitrogen and oxygen atoms in total. The van der Waals surface area contributed by atoms with Crippen molar-refractivity contribution in [1.29, 1.82) is 0 Å². The van der Waals surface area contributed by atoms with Crippen molar-refractivity contribution in [2.45, 2.75) is 75.3 Å². The minimum atomic E-state index is -0.933. The zero-order valence-electron chi connectivity index (χ0n) is 18.6. The number of fused-ring (bicyclic) bond motifs is 1. The van der Waals surface area contributed by atoms with Crippen molar-refractivity contribution >= 4 is 5.97 Å². The van der Waals surface area contributed by atoms with Gasteiger partial charge in [-0.25, -0.2) is 0 Å². The predicted octanol–water partition coefficient (Wildman–Crippen LogP) is 2.91. The van der Waals surface area contributed by atoms with E-state index in [4.69, 9.17) is 21.3 Å². The van der Waals surface area contributed by atoms with Crippen molar-refractivity contribution in [1.82, 2.24) is 4.90 Å². The molecule has 1 aliphatic heterocycles. The van der Waals surface area contributed by atoms with Crippen molar-refractivity contribution in [2.24, 2.45) is 17.4 Å². The Kier molecular flexibility index (Phi) is 7.77. The molecule has 1 aromatic carbocycles. The average Bonchev–Trinajstić information content (AvgIpc) is 2.76. The van der Waals surface area contributed by atoms with Crippen LogP contribution in [0.1, 0.15) is 62.5 Å². The lowest BCUT2D eigenvalue weighted by molar-refractivity contribution is -0.138. The minimum absolute atomic E-state index is 0.456. The number of piperidine rings is 1. The number of unbranched alkanes of at least 4 members (excludes halogenated alkanes) is 1. The number of nitrogens with two attached hydrogens (primary N) is 2. The molecular formula is C24H39N3O3. The van der Waals surface area contributed by atoms with Gasteiger partial charge >= 0.3 is 5.97 Å². The summed E-state index contributed by atoms with van der Waals surface area (Å²) < 4.78 is 5.51. The molecule has 4 rings (SSSR count). The Morgan fingerprint density at radius 1 is 1.33 bits per heavy atom. The van der Waals surface area contributed by atoms with Crippen molar-refractivity contribution in [3.05, 3.63) is 29.3 Å². The molecule has 5 N–H and O–H groups in total. The molecule has 6 heteroatoms.